The Morgan fingerprint density at radius 3 is 2.58 bits per heavy atom. The molecule has 1 heterocycles. The topological polar surface area (TPSA) is 68.0 Å². The molecule has 5 nitrogen and oxygen atoms in total. The molecule has 0 amide bonds. The Balaban J connectivity index is 2.62. The van der Waals surface area contributed by atoms with Gasteiger partial charge >= 0.3 is 12.1 Å². The summed E-state index contributed by atoms with van der Waals surface area (Å²) in [5, 5.41) is 15.3. The highest BCUT2D eigenvalue weighted by atomic mass is 19.4. The summed E-state index contributed by atoms with van der Waals surface area (Å²) >= 11 is 0. The Kier molecular flexibility index (Phi) is 2.97. The van der Waals surface area contributed by atoms with Crippen molar-refractivity contribution in [3.05, 3.63) is 41.5 Å². The quantitative estimate of drug-likeness (QED) is 0.852. The number of carboxylic acids is 1. The van der Waals surface area contributed by atoms with Crippen LogP contribution in [0.5, 0.6) is 0 Å². The van der Waals surface area contributed by atoms with Crippen molar-refractivity contribution in [2.45, 2.75) is 6.18 Å². The number of carboxylic acid groups (broad SMARTS) is 1. The Bertz CT molecular complexity index is 636. The van der Waals surface area contributed by atoms with E-state index in [1.807, 2.05) is 0 Å². The van der Waals surface area contributed by atoms with Crippen molar-refractivity contribution in [3.63, 3.8) is 0 Å². The third kappa shape index (κ3) is 2.39. The van der Waals surface area contributed by atoms with Gasteiger partial charge in [0.2, 0.25) is 0 Å². The van der Waals surface area contributed by atoms with Gasteiger partial charge in [-0.25, -0.2) is 13.9 Å². The average molecular weight is 275 g/mol. The number of hydrogen-bond donors (Lipinski definition) is 1. The van der Waals surface area contributed by atoms with Crippen molar-refractivity contribution in [1.29, 1.82) is 0 Å². The molecule has 0 saturated heterocycles. The van der Waals surface area contributed by atoms with Crippen molar-refractivity contribution in [3.8, 4) is 5.69 Å². The van der Waals surface area contributed by atoms with E-state index in [-0.39, 0.29) is 0 Å². The number of carbonyl (C=O) groups is 1. The number of halogens is 4. The van der Waals surface area contributed by atoms with E-state index in [0.717, 1.165) is 6.20 Å². The van der Waals surface area contributed by atoms with E-state index in [1.165, 1.54) is 0 Å². The summed E-state index contributed by atoms with van der Waals surface area (Å²) < 4.78 is 51.6. The van der Waals surface area contributed by atoms with E-state index >= 15 is 0 Å². The fraction of sp³-hybridized carbons (Fsp3) is 0.100. The summed E-state index contributed by atoms with van der Waals surface area (Å²) in [5.41, 5.74) is -2.29. The summed E-state index contributed by atoms with van der Waals surface area (Å²) in [6, 6.07) is 1.61. The molecule has 1 aromatic carbocycles. The number of hydrogen-bond acceptors (Lipinski definition) is 3. The van der Waals surface area contributed by atoms with Crippen LogP contribution in [0.4, 0.5) is 17.6 Å². The SMILES string of the molecule is O=C(O)c1cnnn1-c1cc(C(F)(F)F)ccc1F. The van der Waals surface area contributed by atoms with E-state index < -0.39 is 34.9 Å². The lowest BCUT2D eigenvalue weighted by atomic mass is 10.2. The van der Waals surface area contributed by atoms with Gasteiger partial charge in [-0.2, -0.15) is 13.2 Å². The molecule has 0 unspecified atom stereocenters. The van der Waals surface area contributed by atoms with Crippen LogP contribution in [0, 0.1) is 5.82 Å². The molecule has 2 aromatic rings. The van der Waals surface area contributed by atoms with E-state index in [1.54, 1.807) is 0 Å². The van der Waals surface area contributed by atoms with Crippen LogP contribution in [0.15, 0.2) is 24.4 Å². The minimum Gasteiger partial charge on any atom is -0.476 e. The zero-order valence-corrected chi connectivity index (χ0v) is 9.02. The second-order valence-corrected chi connectivity index (χ2v) is 3.50. The van der Waals surface area contributed by atoms with Gasteiger partial charge in [0, 0.05) is 0 Å². The highest BCUT2D eigenvalue weighted by Crippen LogP contribution is 2.31. The van der Waals surface area contributed by atoms with E-state index in [0.29, 0.717) is 22.9 Å². The number of benzene rings is 1. The van der Waals surface area contributed by atoms with Crippen LogP contribution in [0.25, 0.3) is 5.69 Å². The third-order valence-corrected chi connectivity index (χ3v) is 2.27. The van der Waals surface area contributed by atoms with Crippen molar-refractivity contribution in [2.24, 2.45) is 0 Å². The third-order valence-electron chi connectivity index (χ3n) is 2.27. The summed E-state index contributed by atoms with van der Waals surface area (Å²) in [5.74, 6) is -2.53. The number of nitrogens with zero attached hydrogens (tertiary/aromatic N) is 3. The fourth-order valence-corrected chi connectivity index (χ4v) is 1.41. The van der Waals surface area contributed by atoms with E-state index in [4.69, 9.17) is 5.11 Å². The van der Waals surface area contributed by atoms with Crippen molar-refractivity contribution < 1.29 is 27.5 Å². The van der Waals surface area contributed by atoms with Crippen LogP contribution in [0.1, 0.15) is 16.1 Å². The molecule has 9 heteroatoms. The van der Waals surface area contributed by atoms with E-state index in [2.05, 4.69) is 10.3 Å². The largest absolute Gasteiger partial charge is 0.476 e. The van der Waals surface area contributed by atoms with Crippen LogP contribution in [-0.2, 0) is 6.18 Å². The van der Waals surface area contributed by atoms with Gasteiger partial charge in [-0.05, 0) is 18.2 Å². The van der Waals surface area contributed by atoms with Crippen LogP contribution < -0.4 is 0 Å². The Morgan fingerprint density at radius 2 is 2.00 bits per heavy atom. The number of aromatic carboxylic acids is 1. The zero-order valence-electron chi connectivity index (χ0n) is 9.02. The first-order chi connectivity index (χ1) is 8.80. The van der Waals surface area contributed by atoms with Gasteiger partial charge < -0.3 is 5.11 Å². The summed E-state index contributed by atoms with van der Waals surface area (Å²) in [4.78, 5) is 10.8. The van der Waals surface area contributed by atoms with Crippen LogP contribution in [-0.4, -0.2) is 26.1 Å². The Hall–Kier alpha value is -2.45. The van der Waals surface area contributed by atoms with Gasteiger partial charge in [0.25, 0.3) is 0 Å². The lowest BCUT2D eigenvalue weighted by Crippen LogP contribution is -2.12. The summed E-state index contributed by atoms with van der Waals surface area (Å²) in [7, 11) is 0. The molecule has 0 spiro atoms. The molecule has 1 N–H and O–H groups in total. The van der Waals surface area contributed by atoms with Crippen LogP contribution in [0.2, 0.25) is 0 Å². The molecule has 0 bridgehead atoms. The van der Waals surface area contributed by atoms with Crippen molar-refractivity contribution in [2.75, 3.05) is 0 Å². The number of alkyl halides is 3. The van der Waals surface area contributed by atoms with Crippen LogP contribution in [0.3, 0.4) is 0 Å². The highest BCUT2D eigenvalue weighted by Gasteiger charge is 2.31. The van der Waals surface area contributed by atoms with Gasteiger partial charge in [-0.15, -0.1) is 5.10 Å². The van der Waals surface area contributed by atoms with Crippen molar-refractivity contribution in [1.82, 2.24) is 15.0 Å². The first kappa shape index (κ1) is 13.0. The second kappa shape index (κ2) is 4.34. The Morgan fingerprint density at radius 1 is 1.32 bits per heavy atom. The van der Waals surface area contributed by atoms with Gasteiger partial charge in [0.15, 0.2) is 5.69 Å². The monoisotopic (exact) mass is 275 g/mol. The molecule has 0 atom stereocenters. The predicted octanol–water partition coefficient (Wildman–Crippen LogP) is 2.12. The molecule has 0 saturated carbocycles. The first-order valence-corrected chi connectivity index (χ1v) is 4.82. The molecule has 0 fully saturated rings. The molecule has 0 aliphatic carbocycles. The maximum atomic E-state index is 13.5. The molecule has 0 aliphatic heterocycles. The summed E-state index contributed by atoms with van der Waals surface area (Å²) in [6.07, 6.45) is -3.87. The minimum absolute atomic E-state index is 0.469. The zero-order chi connectivity index (χ0) is 14.2. The van der Waals surface area contributed by atoms with Gasteiger partial charge in [-0.3, -0.25) is 0 Å². The van der Waals surface area contributed by atoms with Gasteiger partial charge in [0.05, 0.1) is 11.8 Å². The number of rotatable bonds is 2. The van der Waals surface area contributed by atoms with Crippen molar-refractivity contribution >= 4 is 5.97 Å². The van der Waals surface area contributed by atoms with Crippen LogP contribution >= 0.6 is 0 Å². The maximum absolute atomic E-state index is 13.5. The predicted molar refractivity (Wildman–Crippen MR) is 53.3 cm³/mol. The molecule has 100 valence electrons. The molecule has 1 aromatic heterocycles. The maximum Gasteiger partial charge on any atom is 0.416 e. The average Bonchev–Trinajstić information content (AvgIpc) is 2.76. The van der Waals surface area contributed by atoms with Gasteiger partial charge in [-0.1, -0.05) is 5.21 Å². The standard InChI is InChI=1S/C10H5F4N3O2/c11-6-2-1-5(10(12,13)14)3-7(6)17-8(9(18)19)4-15-16-17/h1-4H,(H,18,19). The van der Waals surface area contributed by atoms with E-state index in [9.17, 15) is 22.4 Å². The lowest BCUT2D eigenvalue weighted by molar-refractivity contribution is -0.137. The normalized spacial score (nSPS) is 11.6. The fourth-order valence-electron chi connectivity index (χ4n) is 1.41. The molecular formula is C10H5F4N3O2. The smallest absolute Gasteiger partial charge is 0.416 e. The molecule has 19 heavy (non-hydrogen) atoms. The highest BCUT2D eigenvalue weighted by molar-refractivity contribution is 5.85. The second-order valence-electron chi connectivity index (χ2n) is 3.50. The first-order valence-electron chi connectivity index (χ1n) is 4.82. The summed E-state index contributed by atoms with van der Waals surface area (Å²) in [6.45, 7) is 0. The van der Waals surface area contributed by atoms with Gasteiger partial charge in [0.1, 0.15) is 11.5 Å². The molecular weight excluding hydrogens is 270 g/mol. The Labute approximate surface area is 103 Å². The molecule has 0 aliphatic rings. The lowest BCUT2D eigenvalue weighted by Gasteiger charge is -2.10. The molecule has 0 radical (unpaired) electrons. The number of aromatic nitrogens is 3. The minimum atomic E-state index is -4.67. The molecule has 2 rings (SSSR count).